The molecule has 0 saturated heterocycles. The topological polar surface area (TPSA) is 0 Å². The molecule has 2 aliphatic rings. The van der Waals surface area contributed by atoms with Crippen molar-refractivity contribution in [3.8, 4) is 0 Å². The maximum Gasteiger partial charge on any atom is 0.0309 e. The Balaban J connectivity index is 1.83. The molecule has 0 spiro atoms. The van der Waals surface area contributed by atoms with Gasteiger partial charge in [0, 0.05) is 5.57 Å². The van der Waals surface area contributed by atoms with Crippen LogP contribution in [-0.2, 0) is 0 Å². The number of aryl methyl sites for hydroxylation is 2. The zero-order chi connectivity index (χ0) is 15.1. The summed E-state index contributed by atoms with van der Waals surface area (Å²) in [6, 6.07) is 17.7. The molecule has 0 aliphatic heterocycles. The molecule has 0 N–H and O–H groups in total. The lowest BCUT2D eigenvalue weighted by Crippen LogP contribution is -1.88. The maximum atomic E-state index is 3.80. The van der Waals surface area contributed by atoms with E-state index >= 15 is 0 Å². The molecule has 2 unspecified atom stereocenters. The monoisotopic (exact) mass is 286 g/mol. The van der Waals surface area contributed by atoms with Crippen LogP contribution < -0.4 is 0 Å². The van der Waals surface area contributed by atoms with Crippen molar-refractivity contribution in [2.24, 2.45) is 11.8 Å². The summed E-state index contributed by atoms with van der Waals surface area (Å²) in [5.41, 5.74) is 11.8. The van der Waals surface area contributed by atoms with Gasteiger partial charge in [0.1, 0.15) is 0 Å². The highest BCUT2D eigenvalue weighted by Crippen LogP contribution is 2.56. The van der Waals surface area contributed by atoms with Gasteiger partial charge >= 0.3 is 0 Å². The van der Waals surface area contributed by atoms with Crippen LogP contribution in [0, 0.1) is 25.7 Å². The summed E-state index contributed by atoms with van der Waals surface area (Å²) in [5, 5.41) is 0. The van der Waals surface area contributed by atoms with E-state index in [-0.39, 0.29) is 0 Å². The molecular formula is C22H22. The van der Waals surface area contributed by atoms with Crippen LogP contribution in [-0.4, -0.2) is 0 Å². The lowest BCUT2D eigenvalue weighted by Gasteiger charge is -2.07. The zero-order valence-corrected chi connectivity index (χ0v) is 13.4. The molecule has 2 atom stereocenters. The molecule has 22 heavy (non-hydrogen) atoms. The molecule has 2 aliphatic carbocycles. The first-order valence-electron chi connectivity index (χ1n) is 8.37. The molecule has 0 heterocycles. The highest BCUT2D eigenvalue weighted by molar-refractivity contribution is 5.80. The second kappa shape index (κ2) is 5.30. The predicted molar refractivity (Wildman–Crippen MR) is 92.7 cm³/mol. The van der Waals surface area contributed by atoms with Gasteiger partial charge in [0.25, 0.3) is 0 Å². The summed E-state index contributed by atoms with van der Waals surface area (Å²) in [5.74, 6) is 1.68. The number of allylic oxidation sites excluding steroid dienone is 1. The molecule has 2 aromatic carbocycles. The Kier molecular flexibility index (Phi) is 3.28. The van der Waals surface area contributed by atoms with Crippen LogP contribution in [0.5, 0.6) is 0 Å². The standard InChI is InChI=1S/C22H22/c1-15-6-10-17(11-7-15)21(18-12-8-16(2)9-13-18)14-22-19-4-3-5-20(19)22/h6-13,19-20H,3-5H2,1-2H3. The van der Waals surface area contributed by atoms with E-state index in [1.165, 1.54) is 47.1 Å². The minimum atomic E-state index is 0.839. The summed E-state index contributed by atoms with van der Waals surface area (Å²) in [6.45, 7) is 4.28. The van der Waals surface area contributed by atoms with E-state index in [1.807, 2.05) is 0 Å². The van der Waals surface area contributed by atoms with Gasteiger partial charge in [-0.2, -0.15) is 0 Å². The van der Waals surface area contributed by atoms with E-state index in [0.29, 0.717) is 0 Å². The Labute approximate surface area is 133 Å². The van der Waals surface area contributed by atoms with Gasteiger partial charge in [-0.05, 0) is 55.2 Å². The predicted octanol–water partition coefficient (Wildman–Crippen LogP) is 5.69. The van der Waals surface area contributed by atoms with Gasteiger partial charge in [-0.25, -0.2) is 0 Å². The van der Waals surface area contributed by atoms with Gasteiger partial charge in [-0.1, -0.05) is 66.1 Å². The molecule has 0 nitrogen and oxygen atoms in total. The van der Waals surface area contributed by atoms with E-state index < -0.39 is 0 Å². The number of hydrogen-bond acceptors (Lipinski definition) is 0. The average molecular weight is 286 g/mol. The van der Waals surface area contributed by atoms with Crippen molar-refractivity contribution in [3.63, 3.8) is 0 Å². The summed E-state index contributed by atoms with van der Waals surface area (Å²) in [4.78, 5) is 0. The van der Waals surface area contributed by atoms with Gasteiger partial charge in [0.05, 0.1) is 0 Å². The van der Waals surface area contributed by atoms with E-state index in [4.69, 9.17) is 0 Å². The van der Waals surface area contributed by atoms with Gasteiger partial charge in [0.2, 0.25) is 0 Å². The Hall–Kier alpha value is -2.04. The highest BCUT2D eigenvalue weighted by atomic mass is 14.5. The Bertz CT molecular complexity index is 693. The normalized spacial score (nSPS) is 22.2. The van der Waals surface area contributed by atoms with E-state index in [2.05, 4.69) is 68.1 Å². The molecule has 2 saturated carbocycles. The molecule has 0 heteroatoms. The van der Waals surface area contributed by atoms with Gasteiger partial charge in [-0.15, -0.1) is 5.73 Å². The van der Waals surface area contributed by atoms with Crippen molar-refractivity contribution in [2.45, 2.75) is 33.1 Å². The van der Waals surface area contributed by atoms with Crippen LogP contribution in [0.3, 0.4) is 0 Å². The van der Waals surface area contributed by atoms with E-state index in [0.717, 1.165) is 11.8 Å². The van der Waals surface area contributed by atoms with Crippen molar-refractivity contribution in [1.29, 1.82) is 0 Å². The fourth-order valence-corrected chi connectivity index (χ4v) is 3.73. The largest absolute Gasteiger partial charge is 0.112 e. The smallest absolute Gasteiger partial charge is 0.0309 e. The van der Waals surface area contributed by atoms with E-state index in [9.17, 15) is 0 Å². The summed E-state index contributed by atoms with van der Waals surface area (Å²) in [7, 11) is 0. The zero-order valence-electron chi connectivity index (χ0n) is 13.4. The second-order valence-electron chi connectivity index (χ2n) is 6.83. The average Bonchev–Trinajstić information content (AvgIpc) is 2.94. The maximum absolute atomic E-state index is 3.80. The number of benzene rings is 2. The van der Waals surface area contributed by atoms with Crippen molar-refractivity contribution in [2.75, 3.05) is 0 Å². The van der Waals surface area contributed by atoms with Crippen molar-refractivity contribution in [1.82, 2.24) is 0 Å². The molecule has 0 bridgehead atoms. The van der Waals surface area contributed by atoms with Crippen LogP contribution in [0.2, 0.25) is 0 Å². The third-order valence-electron chi connectivity index (χ3n) is 5.16. The van der Waals surface area contributed by atoms with Crippen molar-refractivity contribution < 1.29 is 0 Å². The van der Waals surface area contributed by atoms with Gasteiger partial charge in [0.15, 0.2) is 0 Å². The van der Waals surface area contributed by atoms with Crippen LogP contribution in [0.15, 0.2) is 59.8 Å². The fourth-order valence-electron chi connectivity index (χ4n) is 3.73. The lowest BCUT2D eigenvalue weighted by atomic mass is 9.96. The third kappa shape index (κ3) is 2.45. The van der Waals surface area contributed by atoms with Crippen LogP contribution in [0.1, 0.15) is 41.5 Å². The second-order valence-corrected chi connectivity index (χ2v) is 6.83. The Morgan fingerprint density at radius 1 is 0.773 bits per heavy atom. The first kappa shape index (κ1) is 13.6. The van der Waals surface area contributed by atoms with Crippen molar-refractivity contribution >= 4 is 5.57 Å². The first-order valence-corrected chi connectivity index (χ1v) is 8.37. The fraction of sp³-hybridized carbons (Fsp3) is 0.318. The minimum Gasteiger partial charge on any atom is -0.112 e. The molecule has 110 valence electrons. The summed E-state index contributed by atoms with van der Waals surface area (Å²) < 4.78 is 0. The van der Waals surface area contributed by atoms with E-state index in [1.54, 1.807) is 5.57 Å². The summed E-state index contributed by atoms with van der Waals surface area (Å²) >= 11 is 0. The Morgan fingerprint density at radius 2 is 1.23 bits per heavy atom. The highest BCUT2D eigenvalue weighted by Gasteiger charge is 2.47. The molecule has 0 amide bonds. The molecule has 2 fully saturated rings. The number of rotatable bonds is 2. The first-order chi connectivity index (χ1) is 10.7. The number of fused-ring (bicyclic) bond motifs is 1. The third-order valence-corrected chi connectivity index (χ3v) is 5.16. The summed E-state index contributed by atoms with van der Waals surface area (Å²) in [6.07, 6.45) is 4.16. The van der Waals surface area contributed by atoms with Crippen molar-refractivity contribution in [3.05, 3.63) is 82.1 Å². The lowest BCUT2D eigenvalue weighted by molar-refractivity contribution is 0.793. The van der Waals surface area contributed by atoms with Gasteiger partial charge < -0.3 is 0 Å². The minimum absolute atomic E-state index is 0.839. The quantitative estimate of drug-likeness (QED) is 0.622. The molecule has 2 aromatic rings. The van der Waals surface area contributed by atoms with Gasteiger partial charge in [-0.3, -0.25) is 0 Å². The Morgan fingerprint density at radius 3 is 1.68 bits per heavy atom. The van der Waals surface area contributed by atoms with Crippen LogP contribution >= 0.6 is 0 Å². The molecule has 4 rings (SSSR count). The molecule has 0 radical (unpaired) electrons. The molecule has 0 aromatic heterocycles. The number of hydrogen-bond donors (Lipinski definition) is 0. The van der Waals surface area contributed by atoms with Crippen LogP contribution in [0.4, 0.5) is 0 Å². The molecular weight excluding hydrogens is 264 g/mol. The SMILES string of the molecule is Cc1ccc(C(=C=C2C3CCCC23)c2ccc(C)cc2)cc1. The van der Waals surface area contributed by atoms with Crippen LogP contribution in [0.25, 0.3) is 5.57 Å².